The molecule has 0 spiro atoms. The van der Waals surface area contributed by atoms with Crippen LogP contribution in [0, 0.1) is 5.41 Å². The molecule has 0 aliphatic carbocycles. The van der Waals surface area contributed by atoms with E-state index in [0.29, 0.717) is 19.7 Å². The number of aliphatic carboxylic acids is 1. The van der Waals surface area contributed by atoms with E-state index in [0.717, 1.165) is 5.56 Å². The van der Waals surface area contributed by atoms with Crippen LogP contribution in [-0.2, 0) is 27.9 Å². The summed E-state index contributed by atoms with van der Waals surface area (Å²) < 4.78 is 38.9. The SMILES string of the molecule is COCC1CN(C(=O)C(C)(C)C)Cc2cnn(C)c21.O=C(O)C(F)(F)F. The van der Waals surface area contributed by atoms with Crippen LogP contribution in [0.3, 0.4) is 0 Å². The molecule has 0 saturated heterocycles. The van der Waals surface area contributed by atoms with E-state index in [2.05, 4.69) is 5.10 Å². The van der Waals surface area contributed by atoms with Crippen LogP contribution in [-0.4, -0.2) is 58.1 Å². The Morgan fingerprint density at radius 3 is 2.31 bits per heavy atom. The standard InChI is InChI=1S/C14H23N3O2.C2HF3O2/c1-14(2,3)13(18)17-7-10-6-15-16(4)12(10)11(8-17)9-19-5;3-2(4,5)1(6)7/h6,11H,7-9H2,1-5H3;(H,6,7). The van der Waals surface area contributed by atoms with E-state index in [1.807, 2.05) is 43.6 Å². The number of fused-ring (bicyclic) bond motifs is 1. The first-order chi connectivity index (χ1) is 11.8. The number of nitrogens with zero attached hydrogens (tertiary/aromatic N) is 3. The molecule has 1 atom stereocenters. The molecule has 148 valence electrons. The van der Waals surface area contributed by atoms with Crippen LogP contribution in [0.15, 0.2) is 6.20 Å². The minimum absolute atomic E-state index is 0.183. The van der Waals surface area contributed by atoms with Gasteiger partial charge in [-0.1, -0.05) is 20.8 Å². The summed E-state index contributed by atoms with van der Waals surface area (Å²) in [6.07, 6.45) is -3.22. The molecule has 10 heteroatoms. The van der Waals surface area contributed by atoms with Gasteiger partial charge in [-0.3, -0.25) is 9.48 Å². The van der Waals surface area contributed by atoms with E-state index in [1.165, 1.54) is 5.69 Å². The molecule has 2 heterocycles. The minimum atomic E-state index is -5.08. The lowest BCUT2D eigenvalue weighted by atomic mass is 9.91. The number of aryl methyl sites for hydroxylation is 1. The molecule has 1 unspecified atom stereocenters. The molecule has 1 aromatic heterocycles. The molecule has 26 heavy (non-hydrogen) atoms. The van der Waals surface area contributed by atoms with Crippen molar-refractivity contribution in [2.24, 2.45) is 12.5 Å². The number of rotatable bonds is 2. The van der Waals surface area contributed by atoms with Gasteiger partial charge in [0.15, 0.2) is 0 Å². The fraction of sp³-hybridized carbons (Fsp3) is 0.688. The number of carbonyl (C=O) groups excluding carboxylic acids is 1. The summed E-state index contributed by atoms with van der Waals surface area (Å²) in [6, 6.07) is 0. The van der Waals surface area contributed by atoms with Gasteiger partial charge in [0.1, 0.15) is 0 Å². The largest absolute Gasteiger partial charge is 0.490 e. The summed E-state index contributed by atoms with van der Waals surface area (Å²) in [5.41, 5.74) is 1.98. The highest BCUT2D eigenvalue weighted by atomic mass is 19.4. The van der Waals surface area contributed by atoms with Crippen molar-refractivity contribution in [2.75, 3.05) is 20.3 Å². The maximum Gasteiger partial charge on any atom is 0.490 e. The first kappa shape index (κ1) is 21.9. The number of methoxy groups -OCH3 is 1. The number of hydrogen-bond donors (Lipinski definition) is 1. The highest BCUT2D eigenvalue weighted by Crippen LogP contribution is 2.30. The average Bonchev–Trinajstić information content (AvgIpc) is 2.87. The molecule has 1 aliphatic rings. The molecular weight excluding hydrogens is 355 g/mol. The molecule has 1 aromatic rings. The Balaban J connectivity index is 0.000000412. The second kappa shape index (κ2) is 8.07. The predicted molar refractivity (Wildman–Crippen MR) is 86.4 cm³/mol. The lowest BCUT2D eigenvalue weighted by Gasteiger charge is -2.36. The zero-order valence-corrected chi connectivity index (χ0v) is 15.4. The number of carbonyl (C=O) groups is 2. The summed E-state index contributed by atoms with van der Waals surface area (Å²) in [5, 5.41) is 11.4. The Morgan fingerprint density at radius 1 is 1.35 bits per heavy atom. The Bertz CT molecular complexity index is 650. The van der Waals surface area contributed by atoms with E-state index < -0.39 is 12.1 Å². The maximum absolute atomic E-state index is 12.4. The van der Waals surface area contributed by atoms with Crippen molar-refractivity contribution in [1.29, 1.82) is 0 Å². The second-order valence-corrected chi connectivity index (χ2v) is 7.07. The molecule has 2 rings (SSSR count). The molecule has 1 aliphatic heterocycles. The maximum atomic E-state index is 12.4. The van der Waals surface area contributed by atoms with E-state index in [-0.39, 0.29) is 17.2 Å². The number of carboxylic acids is 1. The van der Waals surface area contributed by atoms with Crippen molar-refractivity contribution in [3.8, 4) is 0 Å². The first-order valence-electron chi connectivity index (χ1n) is 7.88. The van der Waals surface area contributed by atoms with E-state index in [1.54, 1.807) is 7.11 Å². The average molecular weight is 379 g/mol. The smallest absolute Gasteiger partial charge is 0.475 e. The third kappa shape index (κ3) is 5.45. The monoisotopic (exact) mass is 379 g/mol. The van der Waals surface area contributed by atoms with Gasteiger partial charge in [0, 0.05) is 44.1 Å². The van der Waals surface area contributed by atoms with Crippen LogP contribution in [0.5, 0.6) is 0 Å². The summed E-state index contributed by atoms with van der Waals surface area (Å²) >= 11 is 0. The second-order valence-electron chi connectivity index (χ2n) is 7.07. The van der Waals surface area contributed by atoms with Crippen LogP contribution in [0.2, 0.25) is 0 Å². The van der Waals surface area contributed by atoms with Gasteiger partial charge in [0.25, 0.3) is 0 Å². The van der Waals surface area contributed by atoms with E-state index >= 15 is 0 Å². The van der Waals surface area contributed by atoms with E-state index in [4.69, 9.17) is 14.6 Å². The normalized spacial score (nSPS) is 17.2. The number of carboxylic acid groups (broad SMARTS) is 1. The van der Waals surface area contributed by atoms with Crippen molar-refractivity contribution in [3.63, 3.8) is 0 Å². The minimum Gasteiger partial charge on any atom is -0.475 e. The number of halogens is 3. The van der Waals surface area contributed by atoms with Crippen molar-refractivity contribution in [1.82, 2.24) is 14.7 Å². The lowest BCUT2D eigenvalue weighted by Crippen LogP contribution is -2.44. The highest BCUT2D eigenvalue weighted by molar-refractivity contribution is 5.81. The van der Waals surface area contributed by atoms with Crippen LogP contribution in [0.4, 0.5) is 13.2 Å². The predicted octanol–water partition coefficient (Wildman–Crippen LogP) is 2.17. The van der Waals surface area contributed by atoms with Crippen molar-refractivity contribution < 1.29 is 32.6 Å². The first-order valence-corrected chi connectivity index (χ1v) is 7.88. The number of ether oxygens (including phenoxy) is 1. The third-order valence-corrected chi connectivity index (χ3v) is 3.79. The zero-order chi connectivity index (χ0) is 20.3. The van der Waals surface area contributed by atoms with Gasteiger partial charge in [0.2, 0.25) is 5.91 Å². The topological polar surface area (TPSA) is 84.7 Å². The van der Waals surface area contributed by atoms with Gasteiger partial charge in [-0.2, -0.15) is 18.3 Å². The van der Waals surface area contributed by atoms with Gasteiger partial charge in [0.05, 0.1) is 18.5 Å². The summed E-state index contributed by atoms with van der Waals surface area (Å²) in [7, 11) is 3.64. The molecule has 1 N–H and O–H groups in total. The van der Waals surface area contributed by atoms with Crippen LogP contribution < -0.4 is 0 Å². The van der Waals surface area contributed by atoms with Crippen molar-refractivity contribution >= 4 is 11.9 Å². The Hall–Kier alpha value is -2.10. The van der Waals surface area contributed by atoms with Crippen LogP contribution >= 0.6 is 0 Å². The van der Waals surface area contributed by atoms with Crippen LogP contribution in [0.25, 0.3) is 0 Å². The molecule has 0 saturated carbocycles. The Kier molecular flexibility index (Phi) is 6.81. The summed E-state index contributed by atoms with van der Waals surface area (Å²) in [4.78, 5) is 23.3. The Labute approximate surface area is 149 Å². The van der Waals surface area contributed by atoms with Crippen molar-refractivity contribution in [2.45, 2.75) is 39.4 Å². The van der Waals surface area contributed by atoms with Gasteiger partial charge in [-0.25, -0.2) is 4.79 Å². The fourth-order valence-corrected chi connectivity index (χ4v) is 2.73. The number of alkyl halides is 3. The van der Waals surface area contributed by atoms with Gasteiger partial charge >= 0.3 is 12.1 Å². The molecule has 7 nitrogen and oxygen atoms in total. The number of hydrogen-bond acceptors (Lipinski definition) is 4. The quantitative estimate of drug-likeness (QED) is 0.851. The van der Waals surface area contributed by atoms with Gasteiger partial charge in [-0.15, -0.1) is 0 Å². The molecule has 1 amide bonds. The van der Waals surface area contributed by atoms with Gasteiger partial charge < -0.3 is 14.7 Å². The van der Waals surface area contributed by atoms with E-state index in [9.17, 15) is 18.0 Å². The highest BCUT2D eigenvalue weighted by Gasteiger charge is 2.38. The molecule has 0 aromatic carbocycles. The fourth-order valence-electron chi connectivity index (χ4n) is 2.73. The Morgan fingerprint density at radius 2 is 1.88 bits per heavy atom. The molecular formula is C16H24F3N3O4. The number of amides is 1. The molecule has 0 bridgehead atoms. The van der Waals surface area contributed by atoms with Gasteiger partial charge in [-0.05, 0) is 0 Å². The summed E-state index contributed by atoms with van der Waals surface area (Å²) in [5.74, 6) is -2.37. The van der Waals surface area contributed by atoms with Crippen LogP contribution in [0.1, 0.15) is 37.9 Å². The summed E-state index contributed by atoms with van der Waals surface area (Å²) in [6.45, 7) is 7.84. The van der Waals surface area contributed by atoms with Crippen molar-refractivity contribution in [3.05, 3.63) is 17.5 Å². The molecule has 0 radical (unpaired) electrons. The number of aromatic nitrogens is 2. The zero-order valence-electron chi connectivity index (χ0n) is 15.4. The lowest BCUT2D eigenvalue weighted by molar-refractivity contribution is -0.192. The third-order valence-electron chi connectivity index (χ3n) is 3.79. The molecule has 0 fully saturated rings.